The van der Waals surface area contributed by atoms with Gasteiger partial charge in [0.25, 0.3) is 5.91 Å². The van der Waals surface area contributed by atoms with Crippen LogP contribution in [0.5, 0.6) is 5.75 Å². The number of hydrogen-bond donors (Lipinski definition) is 1. The zero-order valence-electron chi connectivity index (χ0n) is 19.1. The molecule has 7 nitrogen and oxygen atoms in total. The molecule has 0 aliphatic carbocycles. The first kappa shape index (κ1) is 21.9. The molecule has 1 aromatic heterocycles. The van der Waals surface area contributed by atoms with Gasteiger partial charge in [-0.1, -0.05) is 36.4 Å². The van der Waals surface area contributed by atoms with Gasteiger partial charge >= 0.3 is 0 Å². The summed E-state index contributed by atoms with van der Waals surface area (Å²) in [5.74, 6) is 0.327. The van der Waals surface area contributed by atoms with Crippen LogP contribution in [0.3, 0.4) is 0 Å². The van der Waals surface area contributed by atoms with Crippen molar-refractivity contribution in [3.8, 4) is 11.4 Å². The molecule has 0 saturated carbocycles. The molecular weight excluding hydrogens is 446 g/mol. The second-order valence-electron chi connectivity index (χ2n) is 8.11. The van der Waals surface area contributed by atoms with E-state index in [0.29, 0.717) is 10.2 Å². The van der Waals surface area contributed by atoms with Gasteiger partial charge in [-0.2, -0.15) is 15.1 Å². The van der Waals surface area contributed by atoms with Crippen molar-refractivity contribution < 1.29 is 9.53 Å². The molecule has 5 rings (SSSR count). The lowest BCUT2D eigenvalue weighted by Crippen LogP contribution is -2.35. The summed E-state index contributed by atoms with van der Waals surface area (Å²) in [6, 6.07) is 17.7. The van der Waals surface area contributed by atoms with E-state index in [0.717, 1.165) is 33.8 Å². The first-order valence-electron chi connectivity index (χ1n) is 10.8. The summed E-state index contributed by atoms with van der Waals surface area (Å²) in [4.78, 5) is 17.1. The molecule has 0 fully saturated rings. The molecule has 2 aromatic carbocycles. The third-order valence-electron chi connectivity index (χ3n) is 5.69. The quantitative estimate of drug-likeness (QED) is 0.527. The number of aromatic nitrogens is 1. The summed E-state index contributed by atoms with van der Waals surface area (Å²) < 4.78 is 7.91. The van der Waals surface area contributed by atoms with Crippen molar-refractivity contribution in [2.24, 2.45) is 10.1 Å². The molecule has 34 heavy (non-hydrogen) atoms. The highest BCUT2D eigenvalue weighted by Gasteiger charge is 2.36. The number of carbonyl (C=O) groups excluding carboxylic acids is 1. The average Bonchev–Trinajstić information content (AvgIpc) is 3.43. The van der Waals surface area contributed by atoms with E-state index in [4.69, 9.17) is 10.1 Å². The summed E-state index contributed by atoms with van der Waals surface area (Å²) in [6.45, 7) is 6.33. The van der Waals surface area contributed by atoms with Crippen molar-refractivity contribution in [2.45, 2.75) is 20.8 Å². The molecule has 1 amide bonds. The van der Waals surface area contributed by atoms with Gasteiger partial charge in [0.15, 0.2) is 5.84 Å². The molecule has 170 valence electrons. The summed E-state index contributed by atoms with van der Waals surface area (Å²) in [7, 11) is 0. The number of rotatable bonds is 5. The van der Waals surface area contributed by atoms with E-state index in [-0.39, 0.29) is 18.0 Å². The molecule has 2 aliphatic rings. The third-order valence-corrected chi connectivity index (χ3v) is 6.58. The van der Waals surface area contributed by atoms with Crippen molar-refractivity contribution in [1.29, 1.82) is 5.41 Å². The minimum absolute atomic E-state index is 0.00245. The lowest BCUT2D eigenvalue weighted by atomic mass is 10.1. The van der Waals surface area contributed by atoms with Crippen LogP contribution < -0.4 is 4.74 Å². The highest BCUT2D eigenvalue weighted by atomic mass is 32.2. The Morgan fingerprint density at radius 2 is 1.74 bits per heavy atom. The average molecular weight is 470 g/mol. The summed E-state index contributed by atoms with van der Waals surface area (Å²) in [6.07, 6.45) is 3.66. The number of hydrazone groups is 1. The number of benzene rings is 2. The summed E-state index contributed by atoms with van der Waals surface area (Å²) in [5.41, 5.74) is 5.33. The second kappa shape index (κ2) is 8.79. The topological polar surface area (TPSA) is 83.0 Å². The van der Waals surface area contributed by atoms with Crippen LogP contribution in [0.15, 0.2) is 76.5 Å². The molecule has 8 heteroatoms. The number of hydrogen-bond acceptors (Lipinski definition) is 5. The number of aryl methyl sites for hydroxylation is 3. The maximum atomic E-state index is 12.9. The molecular formula is C26H23N5O2S. The number of fused-ring (bicyclic) bond motifs is 1. The standard InChI is InChI=1S/C26H23N5O2S/c1-16-8-4-5-12-21(16)33-15-22-29-31-24(27)20(25(32)28-26(31)34-22)14-19-11-7-13-30(19)23-17(2)9-6-10-18(23)3/h4-14,27H,15H2,1-3H3/b20-14-,27-24?. The lowest BCUT2D eigenvalue weighted by molar-refractivity contribution is -0.114. The van der Waals surface area contributed by atoms with E-state index in [1.54, 1.807) is 6.08 Å². The first-order valence-corrected chi connectivity index (χ1v) is 11.7. The molecule has 0 saturated heterocycles. The smallest absolute Gasteiger partial charge is 0.283 e. The maximum Gasteiger partial charge on any atom is 0.283 e. The van der Waals surface area contributed by atoms with Gasteiger partial charge in [0.2, 0.25) is 5.17 Å². The SMILES string of the molecule is Cc1ccccc1OCC1=NN2C(=N)/C(=C/c3cccn3-c3c(C)cccc3C)C(=O)N=C2S1. The van der Waals surface area contributed by atoms with Gasteiger partial charge in [-0.25, -0.2) is 0 Å². The number of thioether (sulfide) groups is 1. The van der Waals surface area contributed by atoms with Gasteiger partial charge in [-0.3, -0.25) is 10.2 Å². The number of ether oxygens (including phenoxy) is 1. The minimum atomic E-state index is -0.450. The molecule has 0 spiro atoms. The number of nitrogens with one attached hydrogen (secondary N) is 1. The van der Waals surface area contributed by atoms with E-state index in [1.165, 1.54) is 16.8 Å². The van der Waals surface area contributed by atoms with E-state index < -0.39 is 5.91 Å². The second-order valence-corrected chi connectivity index (χ2v) is 9.15. The van der Waals surface area contributed by atoms with Crippen LogP contribution in [0.1, 0.15) is 22.4 Å². The zero-order chi connectivity index (χ0) is 23.8. The van der Waals surface area contributed by atoms with Crippen LogP contribution in [0.4, 0.5) is 0 Å². The highest BCUT2D eigenvalue weighted by molar-refractivity contribution is 8.27. The summed E-state index contributed by atoms with van der Waals surface area (Å²) >= 11 is 1.25. The molecule has 0 radical (unpaired) electrons. The fourth-order valence-corrected chi connectivity index (χ4v) is 4.80. The Morgan fingerprint density at radius 1 is 1.00 bits per heavy atom. The normalized spacial score (nSPS) is 16.6. The predicted octanol–water partition coefficient (Wildman–Crippen LogP) is 5.10. The molecule has 3 aromatic rings. The van der Waals surface area contributed by atoms with Crippen LogP contribution in [-0.4, -0.2) is 38.1 Å². The Labute approximate surface area is 202 Å². The zero-order valence-corrected chi connectivity index (χ0v) is 19.9. The van der Waals surface area contributed by atoms with Crippen molar-refractivity contribution in [3.63, 3.8) is 0 Å². The van der Waals surface area contributed by atoms with Crippen LogP contribution in [0, 0.1) is 26.2 Å². The molecule has 2 aliphatic heterocycles. The third kappa shape index (κ3) is 3.97. The number of amidine groups is 2. The maximum absolute atomic E-state index is 12.9. The Bertz CT molecular complexity index is 1400. The largest absolute Gasteiger partial charge is 0.486 e. The fourth-order valence-electron chi connectivity index (χ4n) is 4.00. The van der Waals surface area contributed by atoms with Crippen molar-refractivity contribution in [1.82, 2.24) is 9.58 Å². The van der Waals surface area contributed by atoms with E-state index in [9.17, 15) is 4.79 Å². The van der Waals surface area contributed by atoms with Gasteiger partial charge in [0.1, 0.15) is 17.4 Å². The molecule has 0 unspecified atom stereocenters. The van der Waals surface area contributed by atoms with E-state index >= 15 is 0 Å². The first-order chi connectivity index (χ1) is 16.4. The molecule has 0 bridgehead atoms. The Morgan fingerprint density at radius 3 is 2.50 bits per heavy atom. The summed E-state index contributed by atoms with van der Waals surface area (Å²) in [5, 5.41) is 15.6. The Hall–Kier alpha value is -3.91. The van der Waals surface area contributed by atoms with E-state index in [1.807, 2.05) is 60.2 Å². The van der Waals surface area contributed by atoms with E-state index in [2.05, 4.69) is 36.1 Å². The van der Waals surface area contributed by atoms with Crippen molar-refractivity contribution in [2.75, 3.05) is 6.61 Å². The van der Waals surface area contributed by atoms with Gasteiger partial charge in [-0.05, 0) is 73.5 Å². The fraction of sp³-hybridized carbons (Fsp3) is 0.154. The number of para-hydroxylation sites is 2. The number of nitrogens with zero attached hydrogens (tertiary/aromatic N) is 4. The number of amides is 1. The highest BCUT2D eigenvalue weighted by Crippen LogP contribution is 2.30. The number of aliphatic imine (C=N–C) groups is 1. The van der Waals surface area contributed by atoms with Crippen LogP contribution >= 0.6 is 11.8 Å². The lowest BCUT2D eigenvalue weighted by Gasteiger charge is -2.20. The van der Waals surface area contributed by atoms with Gasteiger partial charge in [-0.15, -0.1) is 0 Å². The van der Waals surface area contributed by atoms with Gasteiger partial charge in [0, 0.05) is 11.9 Å². The molecule has 1 N–H and O–H groups in total. The molecule has 0 atom stereocenters. The number of carbonyl (C=O) groups is 1. The van der Waals surface area contributed by atoms with Crippen molar-refractivity contribution in [3.05, 3.63) is 88.8 Å². The monoisotopic (exact) mass is 469 g/mol. The minimum Gasteiger partial charge on any atom is -0.486 e. The van der Waals surface area contributed by atoms with Crippen LogP contribution in [-0.2, 0) is 4.79 Å². The van der Waals surface area contributed by atoms with Crippen LogP contribution in [0.2, 0.25) is 0 Å². The van der Waals surface area contributed by atoms with Gasteiger partial charge in [0.05, 0.1) is 11.3 Å². The van der Waals surface area contributed by atoms with Crippen LogP contribution in [0.25, 0.3) is 11.8 Å². The van der Waals surface area contributed by atoms with Gasteiger partial charge < -0.3 is 9.30 Å². The predicted molar refractivity (Wildman–Crippen MR) is 137 cm³/mol. The Balaban J connectivity index is 1.42. The van der Waals surface area contributed by atoms with Crippen molar-refractivity contribution >= 4 is 39.8 Å². The Kier molecular flexibility index (Phi) is 5.67. The molecule has 3 heterocycles.